The van der Waals surface area contributed by atoms with Gasteiger partial charge in [-0.1, -0.05) is 24.3 Å². The molecule has 0 atom stereocenters. The van der Waals surface area contributed by atoms with Crippen molar-refractivity contribution in [3.05, 3.63) is 59.7 Å². The first-order valence-electron chi connectivity index (χ1n) is 8.89. The summed E-state index contributed by atoms with van der Waals surface area (Å²) in [4.78, 5) is 23.7. The molecule has 2 amide bonds. The van der Waals surface area contributed by atoms with Gasteiger partial charge < -0.3 is 21.1 Å². The summed E-state index contributed by atoms with van der Waals surface area (Å²) in [5.41, 5.74) is 7.74. The lowest BCUT2D eigenvalue weighted by Gasteiger charge is -2.17. The largest absolute Gasteiger partial charge is 0.484 e. The van der Waals surface area contributed by atoms with E-state index in [1.165, 1.54) is 0 Å². The third kappa shape index (κ3) is 7.11. The Morgan fingerprint density at radius 2 is 1.81 bits per heavy atom. The van der Waals surface area contributed by atoms with Gasteiger partial charge in [-0.15, -0.1) is 0 Å². The number of rotatable bonds is 8. The second-order valence-electron chi connectivity index (χ2n) is 7.08. The lowest BCUT2D eigenvalue weighted by atomic mass is 10.1. The Bertz CT molecular complexity index is 780. The van der Waals surface area contributed by atoms with Gasteiger partial charge in [0, 0.05) is 12.2 Å². The number of hydrogen-bond donors (Lipinski definition) is 3. The highest BCUT2D eigenvalue weighted by Crippen LogP contribution is 2.13. The van der Waals surface area contributed by atoms with E-state index in [0.717, 1.165) is 16.8 Å². The molecule has 4 N–H and O–H groups in total. The smallest absolute Gasteiger partial charge is 0.262 e. The molecule has 0 aliphatic rings. The Kier molecular flexibility index (Phi) is 6.96. The van der Waals surface area contributed by atoms with Gasteiger partial charge in [0.2, 0.25) is 5.91 Å². The van der Waals surface area contributed by atoms with Crippen molar-refractivity contribution in [1.82, 2.24) is 5.32 Å². The van der Waals surface area contributed by atoms with E-state index in [2.05, 4.69) is 10.6 Å². The quantitative estimate of drug-likeness (QED) is 0.666. The molecule has 6 nitrogen and oxygen atoms in total. The average Bonchev–Trinajstić information content (AvgIpc) is 2.60. The van der Waals surface area contributed by atoms with Crippen LogP contribution in [0.4, 0.5) is 5.69 Å². The number of hydrogen-bond acceptors (Lipinski definition) is 4. The minimum absolute atomic E-state index is 0.0606. The van der Waals surface area contributed by atoms with E-state index in [1.807, 2.05) is 55.5 Å². The van der Waals surface area contributed by atoms with Gasteiger partial charge in [0.05, 0.1) is 5.54 Å². The normalized spacial score (nSPS) is 11.0. The molecule has 0 saturated heterocycles. The van der Waals surface area contributed by atoms with E-state index >= 15 is 0 Å². The predicted octanol–water partition coefficient (Wildman–Crippen LogP) is 2.41. The molecule has 0 heterocycles. The molecule has 0 aromatic heterocycles. The summed E-state index contributed by atoms with van der Waals surface area (Å²) < 4.78 is 5.51. The topological polar surface area (TPSA) is 93.5 Å². The van der Waals surface area contributed by atoms with Crippen molar-refractivity contribution in [2.75, 3.05) is 18.5 Å². The standard InChI is InChI=1S/C21H27N3O3/c1-15-5-4-6-17(13-15)24-19(25)14-27-18-9-7-16(8-10-18)11-12-23-20(26)21(2,3)22/h4-10,13H,11-12,14,22H2,1-3H3,(H,23,26)(H,24,25). The summed E-state index contributed by atoms with van der Waals surface area (Å²) in [5, 5.41) is 5.61. The minimum atomic E-state index is -0.878. The highest BCUT2D eigenvalue weighted by molar-refractivity contribution is 5.91. The van der Waals surface area contributed by atoms with Crippen molar-refractivity contribution in [1.29, 1.82) is 0 Å². The van der Waals surface area contributed by atoms with Crippen LogP contribution in [0.1, 0.15) is 25.0 Å². The van der Waals surface area contributed by atoms with Crippen molar-refractivity contribution in [2.24, 2.45) is 5.73 Å². The molecule has 0 unspecified atom stereocenters. The first kappa shape index (κ1) is 20.5. The molecule has 27 heavy (non-hydrogen) atoms. The highest BCUT2D eigenvalue weighted by Gasteiger charge is 2.20. The van der Waals surface area contributed by atoms with Crippen LogP contribution in [0.2, 0.25) is 0 Å². The van der Waals surface area contributed by atoms with Gasteiger partial charge >= 0.3 is 0 Å². The van der Waals surface area contributed by atoms with Crippen LogP contribution in [0.3, 0.4) is 0 Å². The Morgan fingerprint density at radius 3 is 2.44 bits per heavy atom. The number of benzene rings is 2. The Morgan fingerprint density at radius 1 is 1.11 bits per heavy atom. The predicted molar refractivity (Wildman–Crippen MR) is 107 cm³/mol. The summed E-state index contributed by atoms with van der Waals surface area (Å²) in [7, 11) is 0. The fourth-order valence-electron chi connectivity index (χ4n) is 2.37. The molecule has 0 spiro atoms. The van der Waals surface area contributed by atoms with Crippen molar-refractivity contribution in [3.8, 4) is 5.75 Å². The maximum atomic E-state index is 12.0. The lowest BCUT2D eigenvalue weighted by Crippen LogP contribution is -2.49. The van der Waals surface area contributed by atoms with Gasteiger partial charge in [-0.25, -0.2) is 0 Å². The monoisotopic (exact) mass is 369 g/mol. The highest BCUT2D eigenvalue weighted by atomic mass is 16.5. The summed E-state index contributed by atoms with van der Waals surface area (Å²) in [6.45, 7) is 5.76. The third-order valence-corrected chi connectivity index (χ3v) is 3.88. The van der Waals surface area contributed by atoms with Crippen molar-refractivity contribution < 1.29 is 14.3 Å². The van der Waals surface area contributed by atoms with Crippen molar-refractivity contribution in [3.63, 3.8) is 0 Å². The SMILES string of the molecule is Cc1cccc(NC(=O)COc2ccc(CCNC(=O)C(C)(C)N)cc2)c1. The number of nitrogens with one attached hydrogen (secondary N) is 2. The molecule has 144 valence electrons. The zero-order valence-corrected chi connectivity index (χ0v) is 16.0. The zero-order chi connectivity index (χ0) is 19.9. The zero-order valence-electron chi connectivity index (χ0n) is 16.0. The second kappa shape index (κ2) is 9.19. The molecular weight excluding hydrogens is 342 g/mol. The first-order valence-corrected chi connectivity index (χ1v) is 8.89. The first-order chi connectivity index (χ1) is 12.7. The number of anilines is 1. The van der Waals surface area contributed by atoms with Crippen LogP contribution in [-0.4, -0.2) is 30.5 Å². The molecule has 2 aromatic carbocycles. The van der Waals surface area contributed by atoms with Gasteiger partial charge in [0.25, 0.3) is 5.91 Å². The number of nitrogens with two attached hydrogens (primary N) is 1. The third-order valence-electron chi connectivity index (χ3n) is 3.88. The van der Waals surface area contributed by atoms with Crippen LogP contribution in [0, 0.1) is 6.92 Å². The summed E-state index contributed by atoms with van der Waals surface area (Å²) in [6, 6.07) is 15.0. The Hall–Kier alpha value is -2.86. The fraction of sp³-hybridized carbons (Fsp3) is 0.333. The van der Waals surface area contributed by atoms with Gasteiger partial charge in [0.15, 0.2) is 6.61 Å². The van der Waals surface area contributed by atoms with Gasteiger partial charge in [-0.05, 0) is 62.6 Å². The maximum Gasteiger partial charge on any atom is 0.262 e. The number of carbonyl (C=O) groups excluding carboxylic acids is 2. The van der Waals surface area contributed by atoms with E-state index < -0.39 is 5.54 Å². The molecular formula is C21H27N3O3. The Balaban J connectivity index is 1.75. The van der Waals surface area contributed by atoms with Crippen molar-refractivity contribution >= 4 is 17.5 Å². The average molecular weight is 369 g/mol. The van der Waals surface area contributed by atoms with E-state index in [1.54, 1.807) is 13.8 Å². The van der Waals surface area contributed by atoms with Crippen LogP contribution in [0.25, 0.3) is 0 Å². The van der Waals surface area contributed by atoms with E-state index in [-0.39, 0.29) is 18.4 Å². The molecule has 2 aromatic rings. The van der Waals surface area contributed by atoms with Gasteiger partial charge in [-0.3, -0.25) is 9.59 Å². The minimum Gasteiger partial charge on any atom is -0.484 e. The van der Waals surface area contributed by atoms with Crippen LogP contribution in [-0.2, 0) is 16.0 Å². The summed E-state index contributed by atoms with van der Waals surface area (Å²) >= 11 is 0. The van der Waals surface area contributed by atoms with Gasteiger partial charge in [0.1, 0.15) is 5.75 Å². The molecule has 0 aliphatic carbocycles. The molecule has 0 saturated carbocycles. The molecule has 0 aliphatic heterocycles. The van der Waals surface area contributed by atoms with Crippen LogP contribution >= 0.6 is 0 Å². The number of carbonyl (C=O) groups is 2. The molecule has 0 bridgehead atoms. The second-order valence-corrected chi connectivity index (χ2v) is 7.08. The van der Waals surface area contributed by atoms with Crippen molar-refractivity contribution in [2.45, 2.75) is 32.7 Å². The number of ether oxygens (including phenoxy) is 1. The van der Waals surface area contributed by atoms with E-state index in [4.69, 9.17) is 10.5 Å². The number of amides is 2. The van der Waals surface area contributed by atoms with Crippen LogP contribution in [0.15, 0.2) is 48.5 Å². The fourth-order valence-corrected chi connectivity index (χ4v) is 2.37. The van der Waals surface area contributed by atoms with E-state index in [0.29, 0.717) is 18.7 Å². The van der Waals surface area contributed by atoms with E-state index in [9.17, 15) is 9.59 Å². The molecule has 6 heteroatoms. The van der Waals surface area contributed by atoms with Gasteiger partial charge in [-0.2, -0.15) is 0 Å². The maximum absolute atomic E-state index is 12.0. The molecule has 0 radical (unpaired) electrons. The Labute approximate surface area is 160 Å². The molecule has 0 fully saturated rings. The number of aryl methyl sites for hydroxylation is 1. The molecule has 2 rings (SSSR count). The van der Waals surface area contributed by atoms with Crippen LogP contribution < -0.4 is 21.1 Å². The summed E-state index contributed by atoms with van der Waals surface area (Å²) in [5.74, 6) is 0.226. The lowest BCUT2D eigenvalue weighted by molar-refractivity contribution is -0.125. The van der Waals surface area contributed by atoms with Crippen LogP contribution in [0.5, 0.6) is 5.75 Å². The summed E-state index contributed by atoms with van der Waals surface area (Å²) in [6.07, 6.45) is 0.690.